The Bertz CT molecular complexity index is 350. The van der Waals surface area contributed by atoms with Gasteiger partial charge in [0.05, 0.1) is 15.0 Å². The van der Waals surface area contributed by atoms with Crippen LogP contribution in [0.2, 0.25) is 0 Å². The van der Waals surface area contributed by atoms with Crippen LogP contribution in [-0.2, 0) is 0 Å². The first kappa shape index (κ1) is 10.5. The lowest BCUT2D eigenvalue weighted by atomic mass is 10.1. The number of hydrogen-bond donors (Lipinski definition) is 2. The molecule has 0 spiro atoms. The highest BCUT2D eigenvalue weighted by Gasteiger charge is 2.11. The third kappa shape index (κ3) is 2.21. The average Bonchev–Trinajstić information content (AvgIpc) is 2.12. The Morgan fingerprint density at radius 3 is 2.15 bits per heavy atom. The van der Waals surface area contributed by atoms with Gasteiger partial charge < -0.3 is 10.2 Å². The first-order valence-electron chi connectivity index (χ1n) is 3.32. The van der Waals surface area contributed by atoms with Crippen LogP contribution in [0.1, 0.15) is 11.7 Å². The molecule has 1 aromatic carbocycles. The number of aliphatic hydroxyl groups excluding tert-OH is 1. The van der Waals surface area contributed by atoms with Crippen molar-refractivity contribution in [2.45, 2.75) is 6.10 Å². The maximum atomic E-state index is 9.33. The molecule has 0 saturated carbocycles. The Morgan fingerprint density at radius 1 is 1.31 bits per heavy atom. The van der Waals surface area contributed by atoms with Crippen LogP contribution in [0.3, 0.4) is 0 Å². The van der Waals surface area contributed by atoms with Gasteiger partial charge in [0.15, 0.2) is 6.10 Å². The number of halogens is 2. The molecule has 2 N–H and O–H groups in total. The third-order valence-corrected chi connectivity index (χ3v) is 2.69. The largest absolute Gasteiger partial charge is 0.506 e. The number of hydrogen-bond acceptors (Lipinski definition) is 3. The van der Waals surface area contributed by atoms with E-state index in [4.69, 9.17) is 5.26 Å². The molecule has 0 aliphatic rings. The summed E-state index contributed by atoms with van der Waals surface area (Å²) in [6, 6.07) is 4.68. The second-order valence-electron chi connectivity index (χ2n) is 2.36. The van der Waals surface area contributed by atoms with Gasteiger partial charge in [-0.25, -0.2) is 0 Å². The molecule has 1 aromatic rings. The maximum Gasteiger partial charge on any atom is 0.165 e. The van der Waals surface area contributed by atoms with Crippen molar-refractivity contribution in [3.05, 3.63) is 26.6 Å². The molecule has 68 valence electrons. The van der Waals surface area contributed by atoms with E-state index in [9.17, 15) is 10.2 Å². The fourth-order valence-corrected chi connectivity index (χ4v) is 2.04. The lowest BCUT2D eigenvalue weighted by Crippen LogP contribution is -1.93. The lowest BCUT2D eigenvalue weighted by Gasteiger charge is -2.06. The SMILES string of the molecule is N#CC(O)c1cc(Br)c(O)c(Br)c1. The minimum atomic E-state index is -1.17. The number of phenolic OH excluding ortho intramolecular Hbond substituents is 1. The number of nitrogens with zero attached hydrogens (tertiary/aromatic N) is 1. The summed E-state index contributed by atoms with van der Waals surface area (Å²) in [7, 11) is 0. The zero-order chi connectivity index (χ0) is 10.0. The van der Waals surface area contributed by atoms with Crippen LogP contribution >= 0.6 is 31.9 Å². The second kappa shape index (κ2) is 4.09. The van der Waals surface area contributed by atoms with Crippen molar-refractivity contribution in [1.29, 1.82) is 5.26 Å². The molecular formula is C8H5Br2NO2. The number of benzene rings is 1. The molecule has 0 amide bonds. The van der Waals surface area contributed by atoms with E-state index >= 15 is 0 Å². The number of aromatic hydroxyl groups is 1. The van der Waals surface area contributed by atoms with Gasteiger partial charge in [-0.1, -0.05) is 0 Å². The van der Waals surface area contributed by atoms with Crippen LogP contribution in [0.4, 0.5) is 0 Å². The van der Waals surface area contributed by atoms with Gasteiger partial charge in [-0.15, -0.1) is 0 Å². The van der Waals surface area contributed by atoms with E-state index in [0.29, 0.717) is 14.5 Å². The second-order valence-corrected chi connectivity index (χ2v) is 4.07. The molecule has 1 rings (SSSR count). The van der Waals surface area contributed by atoms with Gasteiger partial charge in [0, 0.05) is 0 Å². The van der Waals surface area contributed by atoms with E-state index in [-0.39, 0.29) is 5.75 Å². The standard InChI is InChI=1S/C8H5Br2NO2/c9-5-1-4(7(12)3-11)2-6(10)8(5)13/h1-2,7,12-13H. The molecule has 1 atom stereocenters. The number of rotatable bonds is 1. The van der Waals surface area contributed by atoms with Gasteiger partial charge in [-0.2, -0.15) is 5.26 Å². The van der Waals surface area contributed by atoms with Crippen LogP contribution in [0.15, 0.2) is 21.1 Å². The van der Waals surface area contributed by atoms with Gasteiger partial charge in [0.25, 0.3) is 0 Å². The van der Waals surface area contributed by atoms with Crippen molar-refractivity contribution in [1.82, 2.24) is 0 Å². The highest BCUT2D eigenvalue weighted by atomic mass is 79.9. The fraction of sp³-hybridized carbons (Fsp3) is 0.125. The lowest BCUT2D eigenvalue weighted by molar-refractivity contribution is 0.235. The van der Waals surface area contributed by atoms with Crippen molar-refractivity contribution in [3.8, 4) is 11.8 Å². The third-order valence-electron chi connectivity index (χ3n) is 1.48. The molecule has 0 heterocycles. The number of aliphatic hydroxyl groups is 1. The molecule has 1 unspecified atom stereocenters. The predicted octanol–water partition coefficient (Wildman–Crippen LogP) is 2.47. The summed E-state index contributed by atoms with van der Waals surface area (Å²) >= 11 is 6.19. The first-order chi connectivity index (χ1) is 6.06. The van der Waals surface area contributed by atoms with Crippen molar-refractivity contribution < 1.29 is 10.2 Å². The van der Waals surface area contributed by atoms with Crippen LogP contribution in [0.25, 0.3) is 0 Å². The first-order valence-corrected chi connectivity index (χ1v) is 4.90. The zero-order valence-corrected chi connectivity index (χ0v) is 9.50. The minimum Gasteiger partial charge on any atom is -0.506 e. The molecule has 0 bridgehead atoms. The van der Waals surface area contributed by atoms with E-state index in [0.717, 1.165) is 0 Å². The molecule has 0 radical (unpaired) electrons. The Balaban J connectivity index is 3.22. The van der Waals surface area contributed by atoms with Crippen molar-refractivity contribution in [3.63, 3.8) is 0 Å². The van der Waals surface area contributed by atoms with Gasteiger partial charge in [0.1, 0.15) is 5.75 Å². The van der Waals surface area contributed by atoms with E-state index in [1.807, 2.05) is 0 Å². The maximum absolute atomic E-state index is 9.33. The quantitative estimate of drug-likeness (QED) is 0.783. The highest BCUT2D eigenvalue weighted by molar-refractivity contribution is 9.11. The van der Waals surface area contributed by atoms with E-state index < -0.39 is 6.10 Å². The van der Waals surface area contributed by atoms with Crippen molar-refractivity contribution >= 4 is 31.9 Å². The molecule has 3 nitrogen and oxygen atoms in total. The summed E-state index contributed by atoms with van der Waals surface area (Å²) < 4.78 is 0.873. The number of phenols is 1. The Morgan fingerprint density at radius 2 is 1.77 bits per heavy atom. The predicted molar refractivity (Wildman–Crippen MR) is 54.1 cm³/mol. The molecule has 5 heteroatoms. The summed E-state index contributed by atoms with van der Waals surface area (Å²) in [4.78, 5) is 0. The monoisotopic (exact) mass is 305 g/mol. The molecule has 0 aliphatic carbocycles. The minimum absolute atomic E-state index is 0.0499. The van der Waals surface area contributed by atoms with Crippen LogP contribution in [0.5, 0.6) is 5.75 Å². The van der Waals surface area contributed by atoms with Gasteiger partial charge in [0.2, 0.25) is 0 Å². The topological polar surface area (TPSA) is 64.2 Å². The summed E-state index contributed by atoms with van der Waals surface area (Å²) in [5.41, 5.74) is 0.430. The summed E-state index contributed by atoms with van der Waals surface area (Å²) in [5.74, 6) is 0.0499. The summed E-state index contributed by atoms with van der Waals surface area (Å²) in [6.45, 7) is 0. The van der Waals surface area contributed by atoms with Gasteiger partial charge >= 0.3 is 0 Å². The molecule has 13 heavy (non-hydrogen) atoms. The van der Waals surface area contributed by atoms with Crippen molar-refractivity contribution in [2.24, 2.45) is 0 Å². The normalized spacial score (nSPS) is 12.2. The summed E-state index contributed by atoms with van der Waals surface area (Å²) in [6.07, 6.45) is -1.17. The van der Waals surface area contributed by atoms with Crippen LogP contribution < -0.4 is 0 Å². The van der Waals surface area contributed by atoms with E-state index in [2.05, 4.69) is 31.9 Å². The van der Waals surface area contributed by atoms with Gasteiger partial charge in [-0.3, -0.25) is 0 Å². The smallest absolute Gasteiger partial charge is 0.165 e. The molecule has 0 aliphatic heterocycles. The Hall–Kier alpha value is -0.570. The van der Waals surface area contributed by atoms with Crippen LogP contribution in [-0.4, -0.2) is 10.2 Å². The molecule has 0 fully saturated rings. The average molecular weight is 307 g/mol. The van der Waals surface area contributed by atoms with Gasteiger partial charge in [-0.05, 0) is 49.6 Å². The molecule has 0 saturated heterocycles. The summed E-state index contributed by atoms with van der Waals surface area (Å²) in [5, 5.41) is 27.0. The Kier molecular flexibility index (Phi) is 3.31. The van der Waals surface area contributed by atoms with Crippen LogP contribution in [0, 0.1) is 11.3 Å². The molecule has 0 aromatic heterocycles. The van der Waals surface area contributed by atoms with E-state index in [1.54, 1.807) is 6.07 Å². The zero-order valence-electron chi connectivity index (χ0n) is 6.33. The fourth-order valence-electron chi connectivity index (χ4n) is 0.818. The molecular weight excluding hydrogens is 302 g/mol. The van der Waals surface area contributed by atoms with E-state index in [1.165, 1.54) is 12.1 Å². The van der Waals surface area contributed by atoms with Crippen molar-refractivity contribution in [2.75, 3.05) is 0 Å². The Labute approximate surface area is 91.9 Å². The number of nitriles is 1. The highest BCUT2D eigenvalue weighted by Crippen LogP contribution is 2.34.